The average Bonchev–Trinajstić information content (AvgIpc) is 3.18. The van der Waals surface area contributed by atoms with Gasteiger partial charge in [0.2, 0.25) is 0 Å². The van der Waals surface area contributed by atoms with E-state index in [-0.39, 0.29) is 11.7 Å². The summed E-state index contributed by atoms with van der Waals surface area (Å²) in [7, 11) is 0. The maximum atomic E-state index is 12.9. The average molecular weight is 456 g/mol. The van der Waals surface area contributed by atoms with Crippen LogP contribution in [-0.2, 0) is 12.6 Å². The fourth-order valence-corrected chi connectivity index (χ4v) is 4.59. The lowest BCUT2D eigenvalue weighted by Crippen LogP contribution is -2.46. The molecule has 0 bridgehead atoms. The Labute approximate surface area is 191 Å². The van der Waals surface area contributed by atoms with E-state index in [1.165, 1.54) is 46.3 Å². The van der Waals surface area contributed by atoms with E-state index in [0.717, 1.165) is 50.3 Å². The second-order valence-electron chi connectivity index (χ2n) is 8.55. The third kappa shape index (κ3) is 5.17. The number of halogens is 3. The molecule has 1 saturated heterocycles. The van der Waals surface area contributed by atoms with Crippen LogP contribution in [0.4, 0.5) is 18.9 Å². The predicted molar refractivity (Wildman–Crippen MR) is 125 cm³/mol. The number of piperazine rings is 1. The molecule has 0 unspecified atom stereocenters. The Morgan fingerprint density at radius 2 is 2.15 bits per heavy atom. The minimum absolute atomic E-state index is 0.185. The fourth-order valence-electron chi connectivity index (χ4n) is 4.59. The first-order valence-electron chi connectivity index (χ1n) is 11.0. The molecule has 1 fully saturated rings. The molecular formula is C25H28F3N5. The lowest BCUT2D eigenvalue weighted by atomic mass is 9.92. The zero-order chi connectivity index (χ0) is 23.6. The first kappa shape index (κ1) is 23.2. The summed E-state index contributed by atoms with van der Waals surface area (Å²) in [6.07, 6.45) is 1.66. The van der Waals surface area contributed by atoms with Crippen LogP contribution < -0.4 is 11.1 Å². The Kier molecular flexibility index (Phi) is 6.67. The van der Waals surface area contributed by atoms with E-state index in [9.17, 15) is 13.2 Å². The van der Waals surface area contributed by atoms with Gasteiger partial charge in [-0.15, -0.1) is 0 Å². The molecule has 33 heavy (non-hydrogen) atoms. The predicted octanol–water partition coefficient (Wildman–Crippen LogP) is 4.56. The highest BCUT2D eigenvalue weighted by atomic mass is 19.4. The van der Waals surface area contributed by atoms with Gasteiger partial charge in [0.15, 0.2) is 0 Å². The molecule has 0 saturated carbocycles. The topological polar surface area (TPSA) is 66.5 Å². The minimum Gasteiger partial charge on any atom is -0.404 e. The standard InChI is InChI=1S/C25H28F3N5/c1-16-3-4-21-17(2)22(6-5-20(16)21)23-15-33(10-9-30-23)14-18(12-29)13-32-19-7-8-31-24(11-19)25(26,27)28/h5-8,11-13,23,30H,1,3-4,9-10,14-15,29H2,2H3/t23-/m0/s1. The highest BCUT2D eigenvalue weighted by Crippen LogP contribution is 2.36. The molecule has 1 aliphatic carbocycles. The highest BCUT2D eigenvalue weighted by Gasteiger charge is 2.32. The molecule has 3 N–H and O–H groups in total. The second-order valence-corrected chi connectivity index (χ2v) is 8.55. The molecule has 1 aliphatic heterocycles. The van der Waals surface area contributed by atoms with E-state index >= 15 is 0 Å². The number of hydrogen-bond donors (Lipinski definition) is 2. The lowest BCUT2D eigenvalue weighted by Gasteiger charge is -2.35. The van der Waals surface area contributed by atoms with Gasteiger partial charge in [-0.2, -0.15) is 13.2 Å². The van der Waals surface area contributed by atoms with Crippen LogP contribution in [0.1, 0.15) is 40.4 Å². The van der Waals surface area contributed by atoms with Gasteiger partial charge in [-0.05, 0) is 71.5 Å². The van der Waals surface area contributed by atoms with Crippen molar-refractivity contribution in [2.45, 2.75) is 32.0 Å². The first-order chi connectivity index (χ1) is 15.8. The monoisotopic (exact) mass is 455 g/mol. The van der Waals surface area contributed by atoms with Crippen LogP contribution in [0.5, 0.6) is 0 Å². The van der Waals surface area contributed by atoms with Crippen molar-refractivity contribution in [3.8, 4) is 0 Å². The molecule has 2 aromatic rings. The molecule has 4 rings (SSSR count). The number of nitrogens with zero attached hydrogens (tertiary/aromatic N) is 3. The number of benzene rings is 1. The quantitative estimate of drug-likeness (QED) is 0.649. The van der Waals surface area contributed by atoms with E-state index in [1.54, 1.807) is 0 Å². The molecule has 0 spiro atoms. The maximum Gasteiger partial charge on any atom is 0.433 e. The fraction of sp³-hybridized carbons (Fsp3) is 0.360. The SMILES string of the molecule is C=C1CCc2c1ccc([C@@H]1CN(CC(C=Nc3ccnc(C(F)(F)F)c3)=CN)CCN1)c2C. The van der Waals surface area contributed by atoms with Crippen molar-refractivity contribution in [2.75, 3.05) is 26.2 Å². The van der Waals surface area contributed by atoms with Gasteiger partial charge in [0.25, 0.3) is 0 Å². The first-order valence-corrected chi connectivity index (χ1v) is 11.0. The van der Waals surface area contributed by atoms with Gasteiger partial charge in [0.1, 0.15) is 5.69 Å². The van der Waals surface area contributed by atoms with Crippen molar-refractivity contribution in [2.24, 2.45) is 10.7 Å². The normalized spacial score (nSPS) is 19.9. The van der Waals surface area contributed by atoms with Gasteiger partial charge >= 0.3 is 6.18 Å². The van der Waals surface area contributed by atoms with Gasteiger partial charge in [-0.25, -0.2) is 0 Å². The van der Waals surface area contributed by atoms with Gasteiger partial charge in [-0.1, -0.05) is 18.7 Å². The summed E-state index contributed by atoms with van der Waals surface area (Å²) in [4.78, 5) is 9.84. The van der Waals surface area contributed by atoms with Crippen molar-refractivity contribution in [1.29, 1.82) is 0 Å². The van der Waals surface area contributed by atoms with Crippen molar-refractivity contribution in [3.63, 3.8) is 0 Å². The third-order valence-corrected chi connectivity index (χ3v) is 6.37. The summed E-state index contributed by atoms with van der Waals surface area (Å²) in [6.45, 7) is 9.41. The van der Waals surface area contributed by atoms with Gasteiger partial charge in [0.05, 0.1) is 5.69 Å². The number of allylic oxidation sites excluding steroid dienone is 1. The number of aromatic nitrogens is 1. The molecule has 0 radical (unpaired) electrons. The van der Waals surface area contributed by atoms with Crippen LogP contribution in [0.25, 0.3) is 5.57 Å². The summed E-state index contributed by atoms with van der Waals surface area (Å²) in [5.41, 5.74) is 12.3. The Balaban J connectivity index is 1.44. The third-order valence-electron chi connectivity index (χ3n) is 6.37. The number of hydrogen-bond acceptors (Lipinski definition) is 5. The Bertz CT molecular complexity index is 1100. The van der Waals surface area contributed by atoms with Crippen molar-refractivity contribution >= 4 is 17.5 Å². The van der Waals surface area contributed by atoms with Crippen molar-refractivity contribution < 1.29 is 13.2 Å². The highest BCUT2D eigenvalue weighted by molar-refractivity contribution is 5.81. The zero-order valence-electron chi connectivity index (χ0n) is 18.6. The number of nitrogens with two attached hydrogens (primary N) is 1. The Morgan fingerprint density at radius 1 is 1.33 bits per heavy atom. The molecule has 174 valence electrons. The van der Waals surface area contributed by atoms with Crippen molar-refractivity contribution in [1.82, 2.24) is 15.2 Å². The van der Waals surface area contributed by atoms with Crippen LogP contribution in [0.3, 0.4) is 0 Å². The molecule has 1 aromatic heterocycles. The number of pyridine rings is 1. The second kappa shape index (κ2) is 9.49. The molecule has 1 atom stereocenters. The number of fused-ring (bicyclic) bond motifs is 1. The molecule has 0 amide bonds. The van der Waals surface area contributed by atoms with Gasteiger partial charge in [-0.3, -0.25) is 14.9 Å². The molecule has 1 aromatic carbocycles. The summed E-state index contributed by atoms with van der Waals surface area (Å²) >= 11 is 0. The Morgan fingerprint density at radius 3 is 2.91 bits per heavy atom. The van der Waals surface area contributed by atoms with E-state index in [4.69, 9.17) is 5.73 Å². The van der Waals surface area contributed by atoms with Crippen LogP contribution in [0, 0.1) is 6.92 Å². The van der Waals surface area contributed by atoms with Crippen LogP contribution in [0.2, 0.25) is 0 Å². The largest absolute Gasteiger partial charge is 0.433 e. The summed E-state index contributed by atoms with van der Waals surface area (Å²) in [6, 6.07) is 6.95. The van der Waals surface area contributed by atoms with E-state index in [1.807, 2.05) is 0 Å². The maximum absolute atomic E-state index is 12.9. The lowest BCUT2D eigenvalue weighted by molar-refractivity contribution is -0.141. The minimum atomic E-state index is -4.50. The van der Waals surface area contributed by atoms with E-state index in [0.29, 0.717) is 6.54 Å². The van der Waals surface area contributed by atoms with Crippen LogP contribution in [-0.4, -0.2) is 42.3 Å². The van der Waals surface area contributed by atoms with Gasteiger partial charge < -0.3 is 11.1 Å². The molecule has 5 nitrogen and oxygen atoms in total. The zero-order valence-corrected chi connectivity index (χ0v) is 18.6. The smallest absolute Gasteiger partial charge is 0.404 e. The summed E-state index contributed by atoms with van der Waals surface area (Å²) in [5.74, 6) is 0. The van der Waals surface area contributed by atoms with Gasteiger partial charge in [0, 0.05) is 44.6 Å². The molecule has 2 aliphatic rings. The van der Waals surface area contributed by atoms with Crippen LogP contribution in [0.15, 0.2) is 53.8 Å². The molecule has 8 heteroatoms. The number of rotatable bonds is 5. The summed E-state index contributed by atoms with van der Waals surface area (Å²) in [5, 5.41) is 3.62. The van der Waals surface area contributed by atoms with Crippen LogP contribution >= 0.6 is 0 Å². The van der Waals surface area contributed by atoms with E-state index < -0.39 is 11.9 Å². The number of nitrogens with one attached hydrogen (secondary N) is 1. The Hall–Kier alpha value is -2.97. The van der Waals surface area contributed by atoms with E-state index in [2.05, 4.69) is 45.8 Å². The molecule has 2 heterocycles. The van der Waals surface area contributed by atoms with Crippen molar-refractivity contribution in [3.05, 3.63) is 76.8 Å². The number of aliphatic imine (C=N–C) groups is 1. The molecular weight excluding hydrogens is 427 g/mol. The summed E-state index contributed by atoms with van der Waals surface area (Å²) < 4.78 is 38.6. The number of alkyl halides is 3.